The highest BCUT2D eigenvalue weighted by molar-refractivity contribution is 6.33. The van der Waals surface area contributed by atoms with Crippen molar-refractivity contribution in [3.63, 3.8) is 0 Å². The summed E-state index contributed by atoms with van der Waals surface area (Å²) in [5.74, 6) is -0.348. The predicted molar refractivity (Wildman–Crippen MR) is 106 cm³/mol. The molecular formula is C19H31ClFN3O2. The molecule has 3 N–H and O–H groups in total. The van der Waals surface area contributed by atoms with E-state index in [-0.39, 0.29) is 16.3 Å². The van der Waals surface area contributed by atoms with Crippen LogP contribution in [0.5, 0.6) is 5.75 Å². The number of halogens is 2. The standard InChI is InChI=1S/C10H21N.C9H10ClFN2O2/c1-4-10(11(2)3)8-6-5-7-9-10;1-15-8-3-7(12)6(10)2-5(8)9(14)13-4-11/h4-9H2,1-3H3;2-3H,4,12H2,1H3,(H,13,14). The molecule has 7 heteroatoms. The lowest BCUT2D eigenvalue weighted by molar-refractivity contribution is 0.0934. The van der Waals surface area contributed by atoms with Crippen LogP contribution in [-0.4, -0.2) is 44.3 Å². The maximum absolute atomic E-state index is 11.9. The Morgan fingerprint density at radius 3 is 2.38 bits per heavy atom. The van der Waals surface area contributed by atoms with Crippen LogP contribution in [0.3, 0.4) is 0 Å². The topological polar surface area (TPSA) is 67.6 Å². The van der Waals surface area contributed by atoms with E-state index in [1.54, 1.807) is 0 Å². The molecule has 2 rings (SSSR count). The van der Waals surface area contributed by atoms with E-state index in [1.807, 2.05) is 5.32 Å². The van der Waals surface area contributed by atoms with Crippen LogP contribution in [0, 0.1) is 0 Å². The first-order valence-corrected chi connectivity index (χ1v) is 9.33. The highest BCUT2D eigenvalue weighted by Crippen LogP contribution is 2.34. The number of hydrogen-bond acceptors (Lipinski definition) is 4. The van der Waals surface area contributed by atoms with Gasteiger partial charge >= 0.3 is 0 Å². The normalized spacial score (nSPS) is 15.8. The number of hydrogen-bond donors (Lipinski definition) is 2. The van der Waals surface area contributed by atoms with Crippen LogP contribution in [0.4, 0.5) is 10.1 Å². The lowest BCUT2D eigenvalue weighted by atomic mass is 9.79. The number of nitrogens with zero attached hydrogens (tertiary/aromatic N) is 1. The number of carbonyl (C=O) groups excluding carboxylic acids is 1. The Morgan fingerprint density at radius 2 is 1.96 bits per heavy atom. The Balaban J connectivity index is 0.000000273. The highest BCUT2D eigenvalue weighted by Gasteiger charge is 2.31. The molecule has 0 atom stereocenters. The lowest BCUT2D eigenvalue weighted by Gasteiger charge is -2.42. The average Bonchev–Trinajstić information content (AvgIpc) is 2.64. The number of carbonyl (C=O) groups is 1. The molecule has 0 heterocycles. The van der Waals surface area contributed by atoms with Crippen molar-refractivity contribution in [2.75, 3.05) is 33.7 Å². The summed E-state index contributed by atoms with van der Waals surface area (Å²) in [7, 11) is 5.85. The molecule has 1 aliphatic rings. The summed E-state index contributed by atoms with van der Waals surface area (Å²) >= 11 is 5.73. The fourth-order valence-corrected chi connectivity index (χ4v) is 3.56. The van der Waals surface area contributed by atoms with E-state index in [9.17, 15) is 9.18 Å². The van der Waals surface area contributed by atoms with Gasteiger partial charge in [0.2, 0.25) is 0 Å². The third-order valence-electron chi connectivity index (χ3n) is 5.18. The molecule has 148 valence electrons. The van der Waals surface area contributed by atoms with Crippen molar-refractivity contribution in [3.05, 3.63) is 22.7 Å². The predicted octanol–water partition coefficient (Wildman–Crippen LogP) is 4.25. The Labute approximate surface area is 161 Å². The van der Waals surface area contributed by atoms with Crippen LogP contribution in [0.2, 0.25) is 5.02 Å². The maximum Gasteiger partial charge on any atom is 0.257 e. The van der Waals surface area contributed by atoms with Gasteiger partial charge in [0.1, 0.15) is 5.75 Å². The Hall–Kier alpha value is -1.53. The van der Waals surface area contributed by atoms with Gasteiger partial charge in [0.05, 0.1) is 23.4 Å². The van der Waals surface area contributed by atoms with Crippen molar-refractivity contribution in [3.8, 4) is 5.75 Å². The van der Waals surface area contributed by atoms with Crippen LogP contribution in [0.1, 0.15) is 55.8 Å². The molecule has 0 saturated heterocycles. The van der Waals surface area contributed by atoms with E-state index in [4.69, 9.17) is 22.1 Å². The summed E-state index contributed by atoms with van der Waals surface area (Å²) in [5, 5.41) is 2.22. The molecule has 1 amide bonds. The third kappa shape index (κ3) is 5.74. The molecular weight excluding hydrogens is 357 g/mol. The summed E-state index contributed by atoms with van der Waals surface area (Å²) in [5.41, 5.74) is 6.52. The van der Waals surface area contributed by atoms with Crippen molar-refractivity contribution < 1.29 is 13.9 Å². The number of alkyl halides is 1. The van der Waals surface area contributed by atoms with Crippen LogP contribution < -0.4 is 15.8 Å². The quantitative estimate of drug-likeness (QED) is 0.585. The summed E-state index contributed by atoms with van der Waals surface area (Å²) in [4.78, 5) is 13.8. The zero-order valence-corrected chi connectivity index (χ0v) is 17.0. The molecule has 1 aliphatic carbocycles. The minimum atomic E-state index is -0.954. The minimum absolute atomic E-state index is 0.148. The summed E-state index contributed by atoms with van der Waals surface area (Å²) < 4.78 is 16.8. The SMILES string of the molecule is CCC1(N(C)C)CCCCC1.COc1cc(N)c(Cl)cc1C(=O)NCF. The number of nitrogens with one attached hydrogen (secondary N) is 1. The van der Waals surface area contributed by atoms with E-state index in [0.29, 0.717) is 11.2 Å². The van der Waals surface area contributed by atoms with Crippen LogP contribution in [0.25, 0.3) is 0 Å². The monoisotopic (exact) mass is 387 g/mol. The van der Waals surface area contributed by atoms with Crippen molar-refractivity contribution >= 4 is 23.2 Å². The van der Waals surface area contributed by atoms with Crippen LogP contribution in [-0.2, 0) is 0 Å². The molecule has 1 aromatic carbocycles. The minimum Gasteiger partial charge on any atom is -0.496 e. The Kier molecular flexibility index (Phi) is 9.16. The number of nitrogens with two attached hydrogens (primary N) is 1. The van der Waals surface area contributed by atoms with Gasteiger partial charge in [-0.1, -0.05) is 37.8 Å². The highest BCUT2D eigenvalue weighted by atomic mass is 35.5. The van der Waals surface area contributed by atoms with Gasteiger partial charge < -0.3 is 20.7 Å². The zero-order chi connectivity index (χ0) is 19.7. The van der Waals surface area contributed by atoms with Gasteiger partial charge in [-0.05, 0) is 39.4 Å². The van der Waals surface area contributed by atoms with Crippen LogP contribution in [0.15, 0.2) is 12.1 Å². The third-order valence-corrected chi connectivity index (χ3v) is 5.51. The van der Waals surface area contributed by atoms with E-state index >= 15 is 0 Å². The van der Waals surface area contributed by atoms with Crippen molar-refractivity contribution in [1.29, 1.82) is 0 Å². The summed E-state index contributed by atoms with van der Waals surface area (Å²) in [6.45, 7) is 1.37. The molecule has 0 bridgehead atoms. The molecule has 1 saturated carbocycles. The lowest BCUT2D eigenvalue weighted by Crippen LogP contribution is -2.45. The van der Waals surface area contributed by atoms with Gasteiger partial charge in [-0.25, -0.2) is 4.39 Å². The molecule has 5 nitrogen and oxygen atoms in total. The summed E-state index contributed by atoms with van der Waals surface area (Å²) in [6, 6.07) is 2.75. The smallest absolute Gasteiger partial charge is 0.257 e. The van der Waals surface area contributed by atoms with E-state index < -0.39 is 12.7 Å². The second kappa shape index (κ2) is 10.6. The number of ether oxygens (including phenoxy) is 1. The molecule has 1 fully saturated rings. The van der Waals surface area contributed by atoms with Gasteiger partial charge in [-0.3, -0.25) is 4.79 Å². The number of nitrogen functional groups attached to an aromatic ring is 1. The number of rotatable bonds is 5. The molecule has 1 aromatic rings. The maximum atomic E-state index is 11.9. The second-order valence-electron chi connectivity index (χ2n) is 6.75. The van der Waals surface area contributed by atoms with Gasteiger partial charge in [0, 0.05) is 11.6 Å². The van der Waals surface area contributed by atoms with Crippen LogP contribution >= 0.6 is 11.6 Å². The average molecular weight is 388 g/mol. The first-order chi connectivity index (χ1) is 12.3. The van der Waals surface area contributed by atoms with E-state index in [2.05, 4.69) is 25.9 Å². The summed E-state index contributed by atoms with van der Waals surface area (Å²) in [6.07, 6.45) is 8.47. The molecule has 26 heavy (non-hydrogen) atoms. The van der Waals surface area contributed by atoms with Gasteiger partial charge in [-0.2, -0.15) is 0 Å². The Morgan fingerprint density at radius 1 is 1.35 bits per heavy atom. The number of methoxy groups -OCH3 is 1. The van der Waals surface area contributed by atoms with Crippen molar-refractivity contribution in [2.24, 2.45) is 0 Å². The van der Waals surface area contributed by atoms with Crippen molar-refractivity contribution in [1.82, 2.24) is 10.2 Å². The number of amides is 1. The number of benzene rings is 1. The molecule has 0 radical (unpaired) electrons. The molecule has 0 aliphatic heterocycles. The van der Waals surface area contributed by atoms with Gasteiger partial charge in [-0.15, -0.1) is 0 Å². The Bertz CT molecular complexity index is 590. The van der Waals surface area contributed by atoms with Crippen molar-refractivity contribution in [2.45, 2.75) is 51.0 Å². The second-order valence-corrected chi connectivity index (χ2v) is 7.15. The first-order valence-electron chi connectivity index (χ1n) is 8.96. The molecule has 0 unspecified atom stereocenters. The fourth-order valence-electron chi connectivity index (χ4n) is 3.40. The van der Waals surface area contributed by atoms with Gasteiger partial charge in [0.25, 0.3) is 5.91 Å². The van der Waals surface area contributed by atoms with E-state index in [1.165, 1.54) is 57.8 Å². The molecule has 0 aromatic heterocycles. The first kappa shape index (κ1) is 22.5. The zero-order valence-electron chi connectivity index (χ0n) is 16.2. The van der Waals surface area contributed by atoms with Gasteiger partial charge in [0.15, 0.2) is 6.80 Å². The number of anilines is 1. The fraction of sp³-hybridized carbons (Fsp3) is 0.632. The largest absolute Gasteiger partial charge is 0.496 e. The van der Waals surface area contributed by atoms with E-state index in [0.717, 1.165) is 0 Å². The molecule has 0 spiro atoms.